The summed E-state index contributed by atoms with van der Waals surface area (Å²) in [6.45, 7) is 7.02. The van der Waals surface area contributed by atoms with Crippen molar-refractivity contribution in [2.75, 3.05) is 20.2 Å². The van der Waals surface area contributed by atoms with E-state index in [0.29, 0.717) is 12.6 Å². The minimum absolute atomic E-state index is 0.0734. The van der Waals surface area contributed by atoms with Gasteiger partial charge in [-0.15, -0.1) is 0 Å². The number of amides is 1. The fourth-order valence-electron chi connectivity index (χ4n) is 3.10. The van der Waals surface area contributed by atoms with Gasteiger partial charge in [0.1, 0.15) is 5.78 Å². The molecule has 1 aliphatic carbocycles. The minimum atomic E-state index is 0.0734. The predicted octanol–water partition coefficient (Wildman–Crippen LogP) is 2.66. The Morgan fingerprint density at radius 3 is 2.05 bits per heavy atom. The molecular formula is C16H29NO3. The van der Waals surface area contributed by atoms with Gasteiger partial charge in [0.15, 0.2) is 0 Å². The molecule has 0 aromatic carbocycles. The Bertz CT molecular complexity index is 322. The van der Waals surface area contributed by atoms with E-state index < -0.39 is 0 Å². The van der Waals surface area contributed by atoms with Gasteiger partial charge < -0.3 is 9.64 Å². The van der Waals surface area contributed by atoms with Gasteiger partial charge in [-0.25, -0.2) is 0 Å². The molecule has 1 heterocycles. The maximum Gasteiger partial charge on any atom is 0.225 e. The van der Waals surface area contributed by atoms with E-state index in [1.165, 1.54) is 0 Å². The molecule has 0 radical (unpaired) electrons. The van der Waals surface area contributed by atoms with Crippen molar-refractivity contribution in [1.82, 2.24) is 4.90 Å². The van der Waals surface area contributed by atoms with Gasteiger partial charge in [0.05, 0.1) is 6.10 Å². The lowest BCUT2D eigenvalue weighted by Crippen LogP contribution is -2.37. The molecule has 1 saturated heterocycles. The molecule has 4 nitrogen and oxygen atoms in total. The van der Waals surface area contributed by atoms with Gasteiger partial charge in [0.25, 0.3) is 0 Å². The Hall–Kier alpha value is -0.900. The van der Waals surface area contributed by atoms with Crippen molar-refractivity contribution < 1.29 is 14.3 Å². The quantitative estimate of drug-likeness (QED) is 0.800. The number of carbonyl (C=O) groups is 2. The second-order valence-electron chi connectivity index (χ2n) is 5.59. The van der Waals surface area contributed by atoms with Crippen LogP contribution in [0.3, 0.4) is 0 Å². The van der Waals surface area contributed by atoms with Crippen LogP contribution >= 0.6 is 0 Å². The maximum atomic E-state index is 12.3. The topological polar surface area (TPSA) is 46.6 Å². The zero-order valence-electron chi connectivity index (χ0n) is 13.4. The van der Waals surface area contributed by atoms with Crippen LogP contribution in [-0.4, -0.2) is 42.9 Å². The maximum absolute atomic E-state index is 12.3. The minimum Gasteiger partial charge on any atom is -0.381 e. The molecule has 20 heavy (non-hydrogen) atoms. The van der Waals surface area contributed by atoms with Gasteiger partial charge in [-0.2, -0.15) is 0 Å². The Morgan fingerprint density at radius 2 is 1.60 bits per heavy atom. The number of methoxy groups -OCH3 is 1. The van der Waals surface area contributed by atoms with Gasteiger partial charge in [-0.3, -0.25) is 9.59 Å². The van der Waals surface area contributed by atoms with Crippen LogP contribution in [0.5, 0.6) is 0 Å². The molecule has 116 valence electrons. The molecule has 0 spiro atoms. The molecule has 2 aliphatic rings. The number of nitrogens with zero attached hydrogens (tertiary/aromatic N) is 1. The van der Waals surface area contributed by atoms with E-state index in [4.69, 9.17) is 4.74 Å². The first kappa shape index (κ1) is 17.2. The van der Waals surface area contributed by atoms with Crippen molar-refractivity contribution in [3.8, 4) is 0 Å². The molecule has 0 aromatic rings. The number of ketones is 1. The van der Waals surface area contributed by atoms with E-state index in [0.717, 1.165) is 38.6 Å². The number of rotatable bonds is 3. The lowest BCUT2D eigenvalue weighted by atomic mass is 9.86. The van der Waals surface area contributed by atoms with Crippen LogP contribution in [0.1, 0.15) is 52.9 Å². The van der Waals surface area contributed by atoms with Crippen LogP contribution < -0.4 is 0 Å². The van der Waals surface area contributed by atoms with E-state index in [1.807, 2.05) is 18.7 Å². The number of likely N-dealkylation sites (tertiary alicyclic amines) is 1. The average molecular weight is 283 g/mol. The second-order valence-corrected chi connectivity index (χ2v) is 5.59. The Kier molecular flexibility index (Phi) is 7.20. The van der Waals surface area contributed by atoms with Crippen LogP contribution in [-0.2, 0) is 14.3 Å². The van der Waals surface area contributed by atoms with Crippen LogP contribution in [0.4, 0.5) is 0 Å². The molecule has 1 atom stereocenters. The third-order valence-corrected chi connectivity index (χ3v) is 4.43. The van der Waals surface area contributed by atoms with Gasteiger partial charge in [-0.1, -0.05) is 13.8 Å². The molecule has 0 N–H and O–H groups in total. The highest BCUT2D eigenvalue weighted by Crippen LogP contribution is 2.29. The molecule has 2 rings (SSSR count). The molecule has 2 fully saturated rings. The molecule has 1 aliphatic heterocycles. The van der Waals surface area contributed by atoms with Crippen molar-refractivity contribution in [3.63, 3.8) is 0 Å². The molecule has 4 heteroatoms. The van der Waals surface area contributed by atoms with Crippen LogP contribution in [0.15, 0.2) is 0 Å². The third kappa shape index (κ3) is 4.30. The summed E-state index contributed by atoms with van der Waals surface area (Å²) >= 11 is 0. The van der Waals surface area contributed by atoms with Crippen molar-refractivity contribution in [2.24, 2.45) is 11.8 Å². The fourth-order valence-corrected chi connectivity index (χ4v) is 3.10. The average Bonchev–Trinajstić information content (AvgIpc) is 2.99. The summed E-state index contributed by atoms with van der Waals surface area (Å²) in [7, 11) is 1.74. The predicted molar refractivity (Wildman–Crippen MR) is 79.5 cm³/mol. The lowest BCUT2D eigenvalue weighted by Gasteiger charge is -2.29. The van der Waals surface area contributed by atoms with E-state index >= 15 is 0 Å². The zero-order chi connectivity index (χ0) is 15.1. The van der Waals surface area contributed by atoms with Crippen LogP contribution in [0.2, 0.25) is 0 Å². The molecule has 1 unspecified atom stereocenters. The SMILES string of the molecule is CC.COC1CCC(C(=O)N2CCC(C(C)=O)C2)CC1. The van der Waals surface area contributed by atoms with Crippen molar-refractivity contribution in [3.05, 3.63) is 0 Å². The van der Waals surface area contributed by atoms with Gasteiger partial charge in [-0.05, 0) is 39.0 Å². The smallest absolute Gasteiger partial charge is 0.225 e. The Balaban J connectivity index is 0.000000956. The number of carbonyl (C=O) groups excluding carboxylic acids is 2. The summed E-state index contributed by atoms with van der Waals surface area (Å²) in [5.74, 6) is 0.702. The van der Waals surface area contributed by atoms with E-state index in [1.54, 1.807) is 14.0 Å². The number of Topliss-reactive ketones (excluding diaryl/α,β-unsaturated/α-hetero) is 1. The zero-order valence-corrected chi connectivity index (χ0v) is 13.4. The standard InChI is InChI=1S/C14H23NO3.C2H6/c1-10(16)12-7-8-15(9-12)14(17)11-3-5-13(18-2)6-4-11;1-2/h11-13H,3-9H2,1-2H3;1-2H3. The van der Waals surface area contributed by atoms with Crippen LogP contribution in [0.25, 0.3) is 0 Å². The number of hydrogen-bond acceptors (Lipinski definition) is 3. The number of hydrogen-bond donors (Lipinski definition) is 0. The summed E-state index contributed by atoms with van der Waals surface area (Å²) in [4.78, 5) is 25.5. The molecule has 1 saturated carbocycles. The highest BCUT2D eigenvalue weighted by molar-refractivity contribution is 5.83. The van der Waals surface area contributed by atoms with Crippen molar-refractivity contribution in [2.45, 2.75) is 59.0 Å². The van der Waals surface area contributed by atoms with Gasteiger partial charge in [0, 0.05) is 32.0 Å². The van der Waals surface area contributed by atoms with E-state index in [9.17, 15) is 9.59 Å². The summed E-state index contributed by atoms with van der Waals surface area (Å²) in [5.41, 5.74) is 0. The monoisotopic (exact) mass is 283 g/mol. The Labute approximate surface area is 122 Å². The summed E-state index contributed by atoms with van der Waals surface area (Å²) in [5, 5.41) is 0. The fraction of sp³-hybridized carbons (Fsp3) is 0.875. The Morgan fingerprint density at radius 1 is 1.00 bits per heavy atom. The summed E-state index contributed by atoms with van der Waals surface area (Å²) in [6.07, 6.45) is 5.00. The molecular weight excluding hydrogens is 254 g/mol. The summed E-state index contributed by atoms with van der Waals surface area (Å²) in [6, 6.07) is 0. The van der Waals surface area contributed by atoms with Gasteiger partial charge >= 0.3 is 0 Å². The van der Waals surface area contributed by atoms with E-state index in [-0.39, 0.29) is 23.5 Å². The van der Waals surface area contributed by atoms with Crippen LogP contribution in [0, 0.1) is 11.8 Å². The van der Waals surface area contributed by atoms with Crippen molar-refractivity contribution in [1.29, 1.82) is 0 Å². The first-order chi connectivity index (χ1) is 9.61. The molecule has 0 bridgehead atoms. The second kappa shape index (κ2) is 8.40. The highest BCUT2D eigenvalue weighted by Gasteiger charge is 2.34. The molecule has 1 amide bonds. The van der Waals surface area contributed by atoms with Gasteiger partial charge in [0.2, 0.25) is 5.91 Å². The first-order valence-electron chi connectivity index (χ1n) is 7.94. The third-order valence-electron chi connectivity index (χ3n) is 4.43. The van der Waals surface area contributed by atoms with E-state index in [2.05, 4.69) is 0 Å². The highest BCUT2D eigenvalue weighted by atomic mass is 16.5. The largest absolute Gasteiger partial charge is 0.381 e. The first-order valence-corrected chi connectivity index (χ1v) is 7.94. The molecule has 0 aromatic heterocycles. The number of ether oxygens (including phenoxy) is 1. The normalized spacial score (nSPS) is 29.6. The van der Waals surface area contributed by atoms with Crippen molar-refractivity contribution >= 4 is 11.7 Å². The lowest BCUT2D eigenvalue weighted by molar-refractivity contribution is -0.136. The summed E-state index contributed by atoms with van der Waals surface area (Å²) < 4.78 is 5.32.